The van der Waals surface area contributed by atoms with E-state index in [4.69, 9.17) is 5.73 Å². The van der Waals surface area contributed by atoms with Crippen molar-refractivity contribution in [3.8, 4) is 0 Å². The molecule has 0 aliphatic heterocycles. The molecule has 0 radical (unpaired) electrons. The van der Waals surface area contributed by atoms with Crippen LogP contribution in [0.4, 0.5) is 10.3 Å². The Morgan fingerprint density at radius 3 is 2.55 bits per heavy atom. The zero-order chi connectivity index (χ0) is 14.1. The summed E-state index contributed by atoms with van der Waals surface area (Å²) < 4.78 is 17.8. The molecule has 2 N–H and O–H groups in total. The van der Waals surface area contributed by atoms with Crippen LogP contribution in [-0.4, -0.2) is 4.57 Å². The van der Waals surface area contributed by atoms with Crippen molar-refractivity contribution in [2.45, 2.75) is 20.0 Å². The van der Waals surface area contributed by atoms with Crippen LogP contribution >= 0.6 is 0 Å². The summed E-state index contributed by atoms with van der Waals surface area (Å²) in [6.07, 6.45) is 0. The molecule has 3 nitrogen and oxygen atoms in total. The number of aromatic nitrogens is 2. The van der Waals surface area contributed by atoms with Gasteiger partial charge in [0.15, 0.2) is 0 Å². The van der Waals surface area contributed by atoms with E-state index in [-0.39, 0.29) is 5.82 Å². The molecule has 0 aliphatic carbocycles. The maximum absolute atomic E-state index is 13.8. The largest absolute Gasteiger partial charge is 0.356 e. The normalized spacial score (nSPS) is 11.1. The van der Waals surface area contributed by atoms with E-state index in [1.165, 1.54) is 6.07 Å². The number of rotatable bonds is 3. The lowest BCUT2D eigenvalue weighted by Gasteiger charge is -2.03. The van der Waals surface area contributed by atoms with Crippen molar-refractivity contribution in [3.05, 3.63) is 59.9 Å². The molecule has 20 heavy (non-hydrogen) atoms. The number of fused-ring (bicyclic) bond motifs is 1. The minimum absolute atomic E-state index is 0.201. The molecule has 1 heterocycles. The minimum atomic E-state index is -0.201. The van der Waals surface area contributed by atoms with Gasteiger partial charge in [-0.05, 0) is 25.1 Å². The van der Waals surface area contributed by atoms with Crippen LogP contribution in [0.5, 0.6) is 0 Å². The summed E-state index contributed by atoms with van der Waals surface area (Å²) in [5, 5.41) is 0. The Morgan fingerprint density at radius 1 is 1.10 bits per heavy atom. The number of benzene rings is 2. The highest BCUT2D eigenvalue weighted by atomic mass is 19.1. The fraction of sp³-hybridized carbons (Fsp3) is 0.188. The second kappa shape index (κ2) is 4.96. The Hall–Kier alpha value is -2.36. The van der Waals surface area contributed by atoms with Crippen LogP contribution in [-0.2, 0) is 13.1 Å². The fourth-order valence-electron chi connectivity index (χ4n) is 2.61. The first-order valence-corrected chi connectivity index (χ1v) is 6.72. The molecule has 3 aromatic rings. The molecule has 0 spiro atoms. The highest BCUT2D eigenvalue weighted by Crippen LogP contribution is 2.17. The third-order valence-corrected chi connectivity index (χ3v) is 3.62. The van der Waals surface area contributed by atoms with Gasteiger partial charge in [0.1, 0.15) is 23.4 Å². The summed E-state index contributed by atoms with van der Waals surface area (Å²) in [6.45, 7) is 3.28. The molecular formula is C16H17FN3+. The Kier molecular flexibility index (Phi) is 3.14. The molecule has 0 atom stereocenters. The molecule has 1 aromatic heterocycles. The van der Waals surface area contributed by atoms with E-state index in [0.29, 0.717) is 18.1 Å². The molecule has 4 heteroatoms. The van der Waals surface area contributed by atoms with Crippen LogP contribution in [0.2, 0.25) is 0 Å². The first kappa shape index (κ1) is 12.7. The van der Waals surface area contributed by atoms with Gasteiger partial charge in [-0.1, -0.05) is 30.3 Å². The van der Waals surface area contributed by atoms with E-state index in [9.17, 15) is 4.39 Å². The molecule has 0 saturated carbocycles. The number of nitrogens with two attached hydrogens (primary N) is 1. The van der Waals surface area contributed by atoms with E-state index in [0.717, 1.165) is 17.6 Å². The third-order valence-electron chi connectivity index (χ3n) is 3.62. The molecule has 0 amide bonds. The van der Waals surface area contributed by atoms with Crippen LogP contribution in [0.25, 0.3) is 11.0 Å². The fourth-order valence-corrected chi connectivity index (χ4v) is 2.61. The first-order chi connectivity index (χ1) is 9.72. The molecular weight excluding hydrogens is 253 g/mol. The quantitative estimate of drug-likeness (QED) is 0.730. The summed E-state index contributed by atoms with van der Waals surface area (Å²) in [6, 6.07) is 14.8. The molecule has 3 rings (SSSR count). The lowest BCUT2D eigenvalue weighted by Crippen LogP contribution is -2.37. The number of imidazole rings is 1. The predicted molar refractivity (Wildman–Crippen MR) is 77.7 cm³/mol. The number of nitrogens with zero attached hydrogens (tertiary/aromatic N) is 2. The average molecular weight is 270 g/mol. The lowest BCUT2D eigenvalue weighted by atomic mass is 10.2. The second-order valence-electron chi connectivity index (χ2n) is 4.77. The van der Waals surface area contributed by atoms with Gasteiger partial charge in [0.05, 0.1) is 6.54 Å². The number of anilines is 1. The lowest BCUT2D eigenvalue weighted by molar-refractivity contribution is -0.648. The zero-order valence-corrected chi connectivity index (χ0v) is 11.4. The van der Waals surface area contributed by atoms with Crippen LogP contribution in [0.1, 0.15) is 12.5 Å². The highest BCUT2D eigenvalue weighted by Gasteiger charge is 2.20. The van der Waals surface area contributed by atoms with Crippen molar-refractivity contribution in [3.63, 3.8) is 0 Å². The van der Waals surface area contributed by atoms with Crippen LogP contribution in [0, 0.1) is 5.82 Å². The third kappa shape index (κ3) is 1.93. The van der Waals surface area contributed by atoms with Crippen molar-refractivity contribution in [2.24, 2.45) is 0 Å². The van der Waals surface area contributed by atoms with Crippen molar-refractivity contribution in [1.29, 1.82) is 0 Å². The molecule has 0 fully saturated rings. The monoisotopic (exact) mass is 270 g/mol. The van der Waals surface area contributed by atoms with Gasteiger partial charge in [0, 0.05) is 5.56 Å². The van der Waals surface area contributed by atoms with Gasteiger partial charge < -0.3 is 0 Å². The molecule has 0 bridgehead atoms. The number of hydrogen-bond acceptors (Lipinski definition) is 1. The zero-order valence-electron chi connectivity index (χ0n) is 11.4. The van der Waals surface area contributed by atoms with Gasteiger partial charge in [-0.2, -0.15) is 0 Å². The van der Waals surface area contributed by atoms with Gasteiger partial charge in [-0.3, -0.25) is 5.73 Å². The maximum Gasteiger partial charge on any atom is 0.356 e. The van der Waals surface area contributed by atoms with Gasteiger partial charge in [0.25, 0.3) is 0 Å². The number of halogens is 1. The van der Waals surface area contributed by atoms with Crippen molar-refractivity contribution < 1.29 is 8.96 Å². The van der Waals surface area contributed by atoms with E-state index in [2.05, 4.69) is 6.92 Å². The number of para-hydroxylation sites is 2. The first-order valence-electron chi connectivity index (χ1n) is 6.72. The van der Waals surface area contributed by atoms with Gasteiger partial charge >= 0.3 is 5.95 Å². The predicted octanol–water partition coefficient (Wildman–Crippen LogP) is 2.72. The SMILES string of the molecule is CCn1c(N)[n+](Cc2ccccc2F)c2ccccc21. The van der Waals surface area contributed by atoms with E-state index >= 15 is 0 Å². The summed E-state index contributed by atoms with van der Waals surface area (Å²) in [5.74, 6) is 0.449. The number of nitrogen functional groups attached to an aromatic ring is 1. The van der Waals surface area contributed by atoms with E-state index < -0.39 is 0 Å². The van der Waals surface area contributed by atoms with Gasteiger partial charge in [-0.15, -0.1) is 0 Å². The molecule has 2 aromatic carbocycles. The summed E-state index contributed by atoms with van der Waals surface area (Å²) >= 11 is 0. The minimum Gasteiger partial charge on any atom is -0.290 e. The topological polar surface area (TPSA) is 34.8 Å². The van der Waals surface area contributed by atoms with Crippen LogP contribution in [0.3, 0.4) is 0 Å². The van der Waals surface area contributed by atoms with E-state index in [1.807, 2.05) is 39.5 Å². The second-order valence-corrected chi connectivity index (χ2v) is 4.77. The smallest absolute Gasteiger partial charge is 0.290 e. The molecule has 0 unspecified atom stereocenters. The van der Waals surface area contributed by atoms with E-state index in [1.54, 1.807) is 12.1 Å². The summed E-state index contributed by atoms with van der Waals surface area (Å²) in [5.41, 5.74) is 8.97. The molecule has 102 valence electrons. The Bertz CT molecular complexity index is 762. The summed E-state index contributed by atoms with van der Waals surface area (Å²) in [7, 11) is 0. The van der Waals surface area contributed by atoms with Crippen LogP contribution < -0.4 is 10.3 Å². The standard InChI is InChI=1S/C16H16FN3/c1-2-19-14-9-5-6-10-15(14)20(16(19)18)11-12-7-3-4-8-13(12)17/h3-10,18H,2,11H2,1H3/p+1. The maximum atomic E-state index is 13.8. The highest BCUT2D eigenvalue weighted by molar-refractivity contribution is 5.73. The summed E-state index contributed by atoms with van der Waals surface area (Å²) in [4.78, 5) is 0. The number of aryl methyl sites for hydroxylation is 1. The number of hydrogen-bond donors (Lipinski definition) is 1. The Labute approximate surface area is 117 Å². The van der Waals surface area contributed by atoms with Crippen molar-refractivity contribution in [1.82, 2.24) is 4.57 Å². The molecule has 0 saturated heterocycles. The van der Waals surface area contributed by atoms with Gasteiger partial charge in [0.2, 0.25) is 0 Å². The van der Waals surface area contributed by atoms with Crippen molar-refractivity contribution in [2.75, 3.05) is 5.73 Å². The Balaban J connectivity index is 2.17. The molecule has 0 aliphatic rings. The Morgan fingerprint density at radius 2 is 1.80 bits per heavy atom. The van der Waals surface area contributed by atoms with Crippen molar-refractivity contribution >= 4 is 17.0 Å². The average Bonchev–Trinajstić information content (AvgIpc) is 2.74. The van der Waals surface area contributed by atoms with Crippen LogP contribution in [0.15, 0.2) is 48.5 Å². The van der Waals surface area contributed by atoms with Gasteiger partial charge in [-0.25, -0.2) is 13.5 Å².